The van der Waals surface area contributed by atoms with Gasteiger partial charge in [-0.3, -0.25) is 0 Å². The Labute approximate surface area is 407 Å². The quantitative estimate of drug-likeness (QED) is 0.101. The molecule has 0 radical (unpaired) electrons. The zero-order valence-corrected chi connectivity index (χ0v) is 38.4. The normalized spacial score (nSPS) is 11.7. The van der Waals surface area contributed by atoms with E-state index in [1.165, 1.54) is 120 Å². The summed E-state index contributed by atoms with van der Waals surface area (Å²) in [5, 5.41) is 0. The van der Waals surface area contributed by atoms with Crippen LogP contribution in [0.1, 0.15) is 89.1 Å². The Balaban J connectivity index is 1.32. The van der Waals surface area contributed by atoms with Crippen LogP contribution in [0.2, 0.25) is 0 Å². The number of hydrogen-bond acceptors (Lipinski definition) is 2. The summed E-state index contributed by atoms with van der Waals surface area (Å²) in [6.07, 6.45) is 0. The number of benzene rings is 8. The summed E-state index contributed by atoms with van der Waals surface area (Å²) in [5.41, 5.74) is 7.04. The van der Waals surface area contributed by atoms with Crippen LogP contribution >= 0.6 is 22.7 Å². The molecule has 346 valence electrons. The fraction of sp³-hybridized carbons (Fsp3) is 0.0667. The maximum Gasteiger partial charge on any atom is 0.123 e. The molecule has 0 unspecified atom stereocenters. The van der Waals surface area contributed by atoms with Crippen molar-refractivity contribution in [3.8, 4) is 9.75 Å². The van der Waals surface area contributed by atoms with Crippen molar-refractivity contribution in [1.29, 1.82) is 0 Å². The van der Waals surface area contributed by atoms with Crippen LogP contribution in [0.15, 0.2) is 206 Å². The lowest BCUT2D eigenvalue weighted by Gasteiger charge is -2.22. The maximum absolute atomic E-state index is 14.8. The summed E-state index contributed by atoms with van der Waals surface area (Å²) in [6, 6.07) is 52.9. The van der Waals surface area contributed by atoms with Gasteiger partial charge in [-0.05, 0) is 165 Å². The first-order valence-corrected chi connectivity index (χ1v) is 23.9. The molecule has 2 aromatic heterocycles. The van der Waals surface area contributed by atoms with E-state index in [-0.39, 0.29) is 0 Å². The third-order valence-corrected chi connectivity index (χ3v) is 15.2. The highest BCUT2D eigenvalue weighted by Crippen LogP contribution is 2.54. The molecule has 10 heteroatoms. The van der Waals surface area contributed by atoms with E-state index < -0.39 is 70.2 Å². The van der Waals surface area contributed by atoms with Crippen LogP contribution in [0.4, 0.5) is 35.1 Å². The topological polar surface area (TPSA) is 0 Å². The first-order valence-electron chi connectivity index (χ1n) is 22.3. The van der Waals surface area contributed by atoms with Crippen molar-refractivity contribution in [3.63, 3.8) is 0 Å². The van der Waals surface area contributed by atoms with Crippen molar-refractivity contribution in [2.75, 3.05) is 0 Å². The lowest BCUT2D eigenvalue weighted by atomic mass is 9.81. The second-order valence-electron chi connectivity index (χ2n) is 17.0. The standard InChI is InChI=1S/C60H38F8S2/c61-43-17-1-35(2-18-43)55(36-3-19-44(62)20-4-36)51-33-53(57(39-9-25-47(65)26-10-39)40-11-27-48(66)28-12-40)69-59(51)60-52(56(37-5-21-45(63)22-6-37)38-7-23-46(64)24-8-38)34-54(70-60)58(41-13-29-49(67)30-14-41)42-15-31-50(68)32-16-42/h1-34,55-58H. The molecule has 0 aliphatic rings. The van der Waals surface area contributed by atoms with E-state index in [4.69, 9.17) is 0 Å². The van der Waals surface area contributed by atoms with Crippen LogP contribution in [-0.2, 0) is 0 Å². The molecule has 0 atom stereocenters. The van der Waals surface area contributed by atoms with E-state index in [1.54, 1.807) is 97.1 Å². The van der Waals surface area contributed by atoms with Crippen LogP contribution in [0.5, 0.6) is 0 Å². The van der Waals surface area contributed by atoms with Crippen molar-refractivity contribution >= 4 is 22.7 Å². The molecule has 0 saturated carbocycles. The SMILES string of the molecule is Fc1ccc(C(c2ccc(F)cc2)c2cc(C(c3ccc(F)cc3)c3ccc(F)cc3)c(-c3sc(C(c4ccc(F)cc4)c4ccc(F)cc4)cc3C(c3ccc(F)cc3)c3ccc(F)cc3)s2)cc1. The minimum atomic E-state index is -0.651. The molecule has 0 fully saturated rings. The largest absolute Gasteiger partial charge is 0.207 e. The van der Waals surface area contributed by atoms with Gasteiger partial charge in [0.2, 0.25) is 0 Å². The van der Waals surface area contributed by atoms with Crippen LogP contribution in [-0.4, -0.2) is 0 Å². The van der Waals surface area contributed by atoms with Crippen LogP contribution < -0.4 is 0 Å². The predicted octanol–water partition coefficient (Wildman–Crippen LogP) is 17.3. The van der Waals surface area contributed by atoms with Crippen molar-refractivity contribution < 1.29 is 35.1 Å². The molecule has 70 heavy (non-hydrogen) atoms. The van der Waals surface area contributed by atoms with E-state index in [0.29, 0.717) is 44.5 Å². The Bertz CT molecular complexity index is 2950. The molecule has 0 spiro atoms. The molecule has 0 aliphatic carbocycles. The Morgan fingerprint density at radius 3 is 0.543 bits per heavy atom. The van der Waals surface area contributed by atoms with Gasteiger partial charge in [-0.2, -0.15) is 0 Å². The minimum absolute atomic E-state index is 0.443. The van der Waals surface area contributed by atoms with Crippen LogP contribution in [0.3, 0.4) is 0 Å². The molecule has 0 saturated heterocycles. The smallest absolute Gasteiger partial charge is 0.123 e. The highest BCUT2D eigenvalue weighted by atomic mass is 32.1. The fourth-order valence-corrected chi connectivity index (χ4v) is 12.2. The summed E-state index contributed by atoms with van der Waals surface area (Å²) in [6.45, 7) is 0. The Morgan fingerprint density at radius 1 is 0.214 bits per heavy atom. The number of hydrogen-bond donors (Lipinski definition) is 0. The zero-order valence-electron chi connectivity index (χ0n) is 36.8. The minimum Gasteiger partial charge on any atom is -0.207 e. The Morgan fingerprint density at radius 2 is 0.371 bits per heavy atom. The van der Waals surface area contributed by atoms with E-state index >= 15 is 0 Å². The van der Waals surface area contributed by atoms with Gasteiger partial charge in [0.25, 0.3) is 0 Å². The number of thiophene rings is 2. The van der Waals surface area contributed by atoms with Gasteiger partial charge in [-0.15, -0.1) is 22.7 Å². The van der Waals surface area contributed by atoms with E-state index in [0.717, 1.165) is 30.6 Å². The third-order valence-electron chi connectivity index (χ3n) is 12.6. The lowest BCUT2D eigenvalue weighted by molar-refractivity contribution is 0.625. The summed E-state index contributed by atoms with van der Waals surface area (Å²) in [7, 11) is 0. The van der Waals surface area contributed by atoms with Crippen molar-refractivity contribution in [2.24, 2.45) is 0 Å². The molecular formula is C60H38F8S2. The Hall–Kier alpha value is -7.40. The summed E-state index contributed by atoms with van der Waals surface area (Å²) >= 11 is 2.89. The number of rotatable bonds is 13. The molecule has 0 amide bonds. The second kappa shape index (κ2) is 19.9. The van der Waals surface area contributed by atoms with Crippen LogP contribution in [0.25, 0.3) is 9.75 Å². The first kappa shape index (κ1) is 46.3. The molecule has 10 rings (SSSR count). The van der Waals surface area contributed by atoms with Gasteiger partial charge in [0.05, 0.1) is 0 Å². The summed E-state index contributed by atoms with van der Waals surface area (Å²) in [5.74, 6) is -6.05. The number of halogens is 8. The highest BCUT2D eigenvalue weighted by molar-refractivity contribution is 7.22. The molecule has 0 N–H and O–H groups in total. The van der Waals surface area contributed by atoms with E-state index in [9.17, 15) is 35.1 Å². The third kappa shape index (κ3) is 9.75. The first-order chi connectivity index (χ1) is 33.9. The molecule has 10 aromatic rings. The van der Waals surface area contributed by atoms with Gasteiger partial charge >= 0.3 is 0 Å². The Kier molecular flexibility index (Phi) is 13.2. The predicted molar refractivity (Wildman–Crippen MR) is 263 cm³/mol. The molecule has 8 aromatic carbocycles. The van der Waals surface area contributed by atoms with Crippen molar-refractivity contribution in [3.05, 3.63) is 318 Å². The molecule has 0 nitrogen and oxygen atoms in total. The molecule has 0 bridgehead atoms. The monoisotopic (exact) mass is 974 g/mol. The fourth-order valence-electron chi connectivity index (χ4n) is 9.31. The lowest BCUT2D eigenvalue weighted by Crippen LogP contribution is -2.06. The maximum atomic E-state index is 14.8. The molecular weight excluding hydrogens is 937 g/mol. The van der Waals surface area contributed by atoms with Crippen molar-refractivity contribution in [1.82, 2.24) is 0 Å². The van der Waals surface area contributed by atoms with E-state index in [1.807, 2.05) is 12.1 Å². The van der Waals surface area contributed by atoms with Gasteiger partial charge in [0.1, 0.15) is 46.5 Å². The van der Waals surface area contributed by atoms with Gasteiger partial charge < -0.3 is 0 Å². The van der Waals surface area contributed by atoms with Gasteiger partial charge in [-0.25, -0.2) is 35.1 Å². The van der Waals surface area contributed by atoms with Crippen LogP contribution in [0, 0.1) is 46.5 Å². The average Bonchev–Trinajstić information content (AvgIpc) is 3.99. The van der Waals surface area contributed by atoms with Gasteiger partial charge in [0.15, 0.2) is 0 Å². The molecule has 2 heterocycles. The summed E-state index contributed by atoms with van der Waals surface area (Å²) < 4.78 is 118. The molecule has 0 aliphatic heterocycles. The summed E-state index contributed by atoms with van der Waals surface area (Å²) in [4.78, 5) is 3.01. The highest BCUT2D eigenvalue weighted by Gasteiger charge is 2.33. The zero-order chi connectivity index (χ0) is 48.5. The van der Waals surface area contributed by atoms with Gasteiger partial charge in [0, 0.05) is 43.2 Å². The van der Waals surface area contributed by atoms with Gasteiger partial charge in [-0.1, -0.05) is 97.1 Å². The van der Waals surface area contributed by atoms with E-state index in [2.05, 4.69) is 0 Å². The van der Waals surface area contributed by atoms with Crippen molar-refractivity contribution in [2.45, 2.75) is 23.7 Å². The average molecular weight is 975 g/mol. The second-order valence-corrected chi connectivity index (χ2v) is 19.2.